The molecule has 1 N–H and O–H groups in total. The summed E-state index contributed by atoms with van der Waals surface area (Å²) in [5.41, 5.74) is 1.55. The van der Waals surface area contributed by atoms with E-state index in [2.05, 4.69) is 5.32 Å². The zero-order valence-electron chi connectivity index (χ0n) is 16.4. The lowest BCUT2D eigenvalue weighted by Gasteiger charge is -2.33. The van der Waals surface area contributed by atoms with Crippen LogP contribution >= 0.6 is 11.3 Å². The Hall–Kier alpha value is -2.13. The summed E-state index contributed by atoms with van der Waals surface area (Å²) in [5, 5.41) is 3.51. The highest BCUT2D eigenvalue weighted by molar-refractivity contribution is 7.17. The summed E-state index contributed by atoms with van der Waals surface area (Å²) >= 11 is 1.49. The molecule has 0 bridgehead atoms. The van der Waals surface area contributed by atoms with Crippen molar-refractivity contribution in [2.45, 2.75) is 32.6 Å². The highest BCUT2D eigenvalue weighted by Crippen LogP contribution is 2.38. The van der Waals surface area contributed by atoms with Gasteiger partial charge in [-0.05, 0) is 38.2 Å². The standard InChI is InChI=1S/C19H27N3O5S/c1-3-27-19(25)22-10-8-21(9-11-22)12-15(23)20-17-16(18(24)26-2)13-6-4-5-7-14(13)28-17/h3-12H2,1-2H3,(H,20,23). The number of hydrogen-bond donors (Lipinski definition) is 1. The minimum Gasteiger partial charge on any atom is -0.465 e. The zero-order valence-corrected chi connectivity index (χ0v) is 17.2. The third kappa shape index (κ3) is 4.64. The highest BCUT2D eigenvalue weighted by Gasteiger charge is 2.28. The lowest BCUT2D eigenvalue weighted by molar-refractivity contribution is -0.117. The van der Waals surface area contributed by atoms with Crippen LogP contribution in [-0.4, -0.2) is 74.2 Å². The van der Waals surface area contributed by atoms with Gasteiger partial charge in [-0.25, -0.2) is 9.59 Å². The van der Waals surface area contributed by atoms with E-state index < -0.39 is 5.97 Å². The number of piperazine rings is 1. The van der Waals surface area contributed by atoms with E-state index in [1.54, 1.807) is 11.8 Å². The topological polar surface area (TPSA) is 88.2 Å². The third-order valence-corrected chi connectivity index (χ3v) is 6.29. The lowest BCUT2D eigenvalue weighted by atomic mass is 9.95. The number of aryl methyl sites for hydroxylation is 1. The minimum absolute atomic E-state index is 0.159. The van der Waals surface area contributed by atoms with E-state index in [4.69, 9.17) is 9.47 Å². The number of nitrogens with zero attached hydrogens (tertiary/aromatic N) is 2. The molecule has 0 saturated carbocycles. The fourth-order valence-corrected chi connectivity index (χ4v) is 4.94. The summed E-state index contributed by atoms with van der Waals surface area (Å²) in [4.78, 5) is 41.4. The summed E-state index contributed by atoms with van der Waals surface area (Å²) in [7, 11) is 1.36. The summed E-state index contributed by atoms with van der Waals surface area (Å²) < 4.78 is 9.95. The maximum atomic E-state index is 12.6. The molecule has 154 valence electrons. The van der Waals surface area contributed by atoms with Gasteiger partial charge < -0.3 is 19.7 Å². The summed E-state index contributed by atoms with van der Waals surface area (Å²) in [5.74, 6) is -0.550. The molecule has 1 aromatic rings. The van der Waals surface area contributed by atoms with Crippen LogP contribution in [0.5, 0.6) is 0 Å². The van der Waals surface area contributed by atoms with Gasteiger partial charge in [-0.2, -0.15) is 0 Å². The van der Waals surface area contributed by atoms with E-state index in [9.17, 15) is 14.4 Å². The maximum Gasteiger partial charge on any atom is 0.409 e. The lowest BCUT2D eigenvalue weighted by Crippen LogP contribution is -2.50. The molecular weight excluding hydrogens is 382 g/mol. The van der Waals surface area contributed by atoms with Crippen molar-refractivity contribution in [2.75, 3.05) is 51.8 Å². The molecule has 1 saturated heterocycles. The second kappa shape index (κ2) is 9.38. The van der Waals surface area contributed by atoms with Crippen molar-refractivity contribution < 1.29 is 23.9 Å². The Balaban J connectivity index is 1.59. The summed E-state index contributed by atoms with van der Waals surface area (Å²) in [6, 6.07) is 0. The molecule has 2 amide bonds. The van der Waals surface area contributed by atoms with E-state index in [-0.39, 0.29) is 18.5 Å². The largest absolute Gasteiger partial charge is 0.465 e. The first-order valence-corrected chi connectivity index (χ1v) is 10.5. The van der Waals surface area contributed by atoms with Crippen molar-refractivity contribution >= 4 is 34.3 Å². The SMILES string of the molecule is CCOC(=O)N1CCN(CC(=O)Nc2sc3c(c2C(=O)OC)CCCC3)CC1. The molecule has 3 rings (SSSR count). The molecule has 9 heteroatoms. The first kappa shape index (κ1) is 20.6. The molecule has 2 aliphatic rings. The Kier molecular flexibility index (Phi) is 6.90. The van der Waals surface area contributed by atoms with E-state index in [1.165, 1.54) is 23.3 Å². The zero-order chi connectivity index (χ0) is 20.1. The monoisotopic (exact) mass is 409 g/mol. The molecule has 0 radical (unpaired) electrons. The highest BCUT2D eigenvalue weighted by atomic mass is 32.1. The van der Waals surface area contributed by atoms with Crippen LogP contribution in [0.1, 0.15) is 40.6 Å². The number of amides is 2. The van der Waals surface area contributed by atoms with Crippen LogP contribution in [0, 0.1) is 0 Å². The Morgan fingerprint density at radius 3 is 2.50 bits per heavy atom. The van der Waals surface area contributed by atoms with Crippen LogP contribution < -0.4 is 5.32 Å². The molecule has 28 heavy (non-hydrogen) atoms. The maximum absolute atomic E-state index is 12.6. The van der Waals surface area contributed by atoms with Gasteiger partial charge >= 0.3 is 12.1 Å². The molecular formula is C19H27N3O5S. The molecule has 1 aliphatic carbocycles. The number of ether oxygens (including phenoxy) is 2. The van der Waals surface area contributed by atoms with Gasteiger partial charge in [0.15, 0.2) is 0 Å². The number of carbonyl (C=O) groups excluding carboxylic acids is 3. The third-order valence-electron chi connectivity index (χ3n) is 5.08. The van der Waals surface area contributed by atoms with Gasteiger partial charge in [-0.15, -0.1) is 11.3 Å². The summed E-state index contributed by atoms with van der Waals surface area (Å²) in [6.45, 7) is 4.64. The van der Waals surface area contributed by atoms with Crippen molar-refractivity contribution in [2.24, 2.45) is 0 Å². The Bertz CT molecular complexity index is 740. The average Bonchev–Trinajstić information content (AvgIpc) is 3.05. The van der Waals surface area contributed by atoms with Crippen molar-refractivity contribution in [3.63, 3.8) is 0 Å². The normalized spacial score (nSPS) is 17.0. The molecule has 1 aromatic heterocycles. The van der Waals surface area contributed by atoms with Gasteiger partial charge in [0.2, 0.25) is 5.91 Å². The van der Waals surface area contributed by atoms with E-state index >= 15 is 0 Å². The predicted octanol–water partition coefficient (Wildman–Crippen LogP) is 2.13. The van der Waals surface area contributed by atoms with Crippen LogP contribution in [0.4, 0.5) is 9.80 Å². The predicted molar refractivity (Wildman–Crippen MR) is 106 cm³/mol. The fourth-order valence-electron chi connectivity index (χ4n) is 3.64. The minimum atomic E-state index is -0.391. The van der Waals surface area contributed by atoms with E-state index in [0.717, 1.165) is 31.2 Å². The number of nitrogens with one attached hydrogen (secondary N) is 1. The van der Waals surface area contributed by atoms with E-state index in [0.29, 0.717) is 43.4 Å². The average molecular weight is 410 g/mol. The summed E-state index contributed by atoms with van der Waals surface area (Å²) in [6.07, 6.45) is 3.63. The number of hydrogen-bond acceptors (Lipinski definition) is 7. The van der Waals surface area contributed by atoms with Crippen LogP contribution in [0.2, 0.25) is 0 Å². The van der Waals surface area contributed by atoms with Gasteiger partial charge in [-0.3, -0.25) is 9.69 Å². The molecule has 0 spiro atoms. The number of methoxy groups -OCH3 is 1. The van der Waals surface area contributed by atoms with Gasteiger partial charge in [-0.1, -0.05) is 0 Å². The molecule has 8 nitrogen and oxygen atoms in total. The number of carbonyl (C=O) groups is 3. The van der Waals surface area contributed by atoms with Crippen LogP contribution in [0.3, 0.4) is 0 Å². The van der Waals surface area contributed by atoms with Gasteiger partial charge in [0.1, 0.15) is 5.00 Å². The molecule has 2 heterocycles. The Morgan fingerprint density at radius 2 is 1.82 bits per heavy atom. The van der Waals surface area contributed by atoms with Gasteiger partial charge in [0.25, 0.3) is 0 Å². The number of fused-ring (bicyclic) bond motifs is 1. The van der Waals surface area contributed by atoms with Gasteiger partial charge in [0, 0.05) is 31.1 Å². The smallest absolute Gasteiger partial charge is 0.409 e. The number of anilines is 1. The van der Waals surface area contributed by atoms with Crippen LogP contribution in [-0.2, 0) is 27.1 Å². The molecule has 1 aliphatic heterocycles. The Labute approximate surface area is 168 Å². The fraction of sp³-hybridized carbons (Fsp3) is 0.632. The second-order valence-corrected chi connectivity index (χ2v) is 8.02. The second-order valence-electron chi connectivity index (χ2n) is 6.92. The molecule has 0 atom stereocenters. The van der Waals surface area contributed by atoms with Crippen LogP contribution in [0.15, 0.2) is 0 Å². The molecule has 0 unspecified atom stereocenters. The number of rotatable bonds is 5. The quantitative estimate of drug-likeness (QED) is 0.750. The van der Waals surface area contributed by atoms with Crippen LogP contribution in [0.25, 0.3) is 0 Å². The molecule has 0 aromatic carbocycles. The first-order chi connectivity index (χ1) is 13.5. The van der Waals surface area contributed by atoms with E-state index in [1.807, 2.05) is 4.90 Å². The number of esters is 1. The van der Waals surface area contributed by atoms with Crippen molar-refractivity contribution in [1.82, 2.24) is 9.80 Å². The van der Waals surface area contributed by atoms with Crippen molar-refractivity contribution in [3.8, 4) is 0 Å². The van der Waals surface area contributed by atoms with Crippen molar-refractivity contribution in [3.05, 3.63) is 16.0 Å². The van der Waals surface area contributed by atoms with Gasteiger partial charge in [0.05, 0.1) is 25.8 Å². The van der Waals surface area contributed by atoms with Crippen molar-refractivity contribution in [1.29, 1.82) is 0 Å². The number of thiophene rings is 1. The Morgan fingerprint density at radius 1 is 1.11 bits per heavy atom. The first-order valence-electron chi connectivity index (χ1n) is 9.70. The molecule has 1 fully saturated rings.